The first-order valence-corrected chi connectivity index (χ1v) is 4.47. The lowest BCUT2D eigenvalue weighted by atomic mass is 9.84. The summed E-state index contributed by atoms with van der Waals surface area (Å²) in [7, 11) is 0. The summed E-state index contributed by atoms with van der Waals surface area (Å²) in [6.45, 7) is 7.51. The monoisotopic (exact) mass is 155 g/mol. The number of hydrogen-bond donors (Lipinski definition) is 1. The molecule has 0 fully saturated rings. The Kier molecular flexibility index (Phi) is 5.22. The molecule has 0 spiro atoms. The van der Waals surface area contributed by atoms with Gasteiger partial charge in [-0.15, -0.1) is 0 Å². The fourth-order valence-corrected chi connectivity index (χ4v) is 1.28. The van der Waals surface area contributed by atoms with Crippen LogP contribution in [0.2, 0.25) is 0 Å². The largest absolute Gasteiger partial charge is 0.327 e. The first-order valence-electron chi connectivity index (χ1n) is 4.47. The number of allylic oxidation sites excluding steroid dienone is 1. The van der Waals surface area contributed by atoms with Crippen molar-refractivity contribution in [3.05, 3.63) is 12.2 Å². The summed E-state index contributed by atoms with van der Waals surface area (Å²) in [6, 6.07) is 0. The number of hydrogen-bond acceptors (Lipinski definition) is 1. The summed E-state index contributed by atoms with van der Waals surface area (Å²) in [6.07, 6.45) is 7.94. The lowest BCUT2D eigenvalue weighted by molar-refractivity contribution is 0.336. The minimum Gasteiger partial charge on any atom is -0.327 e. The average molecular weight is 155 g/mol. The van der Waals surface area contributed by atoms with Crippen molar-refractivity contribution in [3.8, 4) is 0 Å². The summed E-state index contributed by atoms with van der Waals surface area (Å²) >= 11 is 0. The van der Waals surface area contributed by atoms with Gasteiger partial charge in [0.2, 0.25) is 0 Å². The molecule has 0 aliphatic rings. The lowest BCUT2D eigenvalue weighted by Gasteiger charge is -2.21. The van der Waals surface area contributed by atoms with Gasteiger partial charge in [-0.3, -0.25) is 0 Å². The molecule has 0 radical (unpaired) electrons. The second-order valence-electron chi connectivity index (χ2n) is 3.83. The van der Waals surface area contributed by atoms with Crippen LogP contribution in [0.15, 0.2) is 12.2 Å². The summed E-state index contributed by atoms with van der Waals surface area (Å²) in [5.41, 5.74) is 5.80. The highest BCUT2D eigenvalue weighted by Crippen LogP contribution is 2.26. The highest BCUT2D eigenvalue weighted by Gasteiger charge is 2.13. The maximum atomic E-state index is 5.35. The van der Waals surface area contributed by atoms with Crippen molar-refractivity contribution >= 4 is 0 Å². The molecule has 1 heteroatoms. The maximum Gasteiger partial charge on any atom is 0.0106 e. The molecule has 0 aliphatic heterocycles. The molecule has 11 heavy (non-hydrogen) atoms. The lowest BCUT2D eigenvalue weighted by Crippen LogP contribution is -2.09. The van der Waals surface area contributed by atoms with Crippen LogP contribution in [0.4, 0.5) is 0 Å². The maximum absolute atomic E-state index is 5.35. The van der Waals surface area contributed by atoms with E-state index in [4.69, 9.17) is 5.73 Å². The number of nitrogens with two attached hydrogens (primary N) is 1. The highest BCUT2D eigenvalue weighted by molar-refractivity contribution is 4.87. The van der Waals surface area contributed by atoms with Crippen LogP contribution in [0.25, 0.3) is 0 Å². The Labute approximate surface area is 70.7 Å². The highest BCUT2D eigenvalue weighted by atomic mass is 14.5. The van der Waals surface area contributed by atoms with E-state index in [1.54, 1.807) is 0 Å². The summed E-state index contributed by atoms with van der Waals surface area (Å²) < 4.78 is 0. The van der Waals surface area contributed by atoms with Crippen LogP contribution >= 0.6 is 0 Å². The third-order valence-electron chi connectivity index (χ3n) is 1.90. The Morgan fingerprint density at radius 1 is 1.27 bits per heavy atom. The third-order valence-corrected chi connectivity index (χ3v) is 1.90. The molecule has 0 heterocycles. The van der Waals surface area contributed by atoms with Gasteiger partial charge in [0.05, 0.1) is 0 Å². The van der Waals surface area contributed by atoms with E-state index in [1.807, 2.05) is 6.08 Å². The Hall–Kier alpha value is -0.300. The zero-order chi connectivity index (χ0) is 8.74. The second-order valence-corrected chi connectivity index (χ2v) is 3.83. The molecule has 0 saturated heterocycles. The quantitative estimate of drug-likeness (QED) is 0.607. The van der Waals surface area contributed by atoms with Gasteiger partial charge in [0, 0.05) is 6.54 Å². The van der Waals surface area contributed by atoms with E-state index >= 15 is 0 Å². The molecular formula is C10H21N. The SMILES string of the molecule is CCCC(C)(C)C/C=C/CN. The van der Waals surface area contributed by atoms with E-state index in [-0.39, 0.29) is 0 Å². The fraction of sp³-hybridized carbons (Fsp3) is 0.800. The van der Waals surface area contributed by atoms with Gasteiger partial charge < -0.3 is 5.73 Å². The molecule has 0 unspecified atom stereocenters. The van der Waals surface area contributed by atoms with E-state index < -0.39 is 0 Å². The summed E-state index contributed by atoms with van der Waals surface area (Å²) in [4.78, 5) is 0. The first-order chi connectivity index (χ1) is 5.12. The van der Waals surface area contributed by atoms with Gasteiger partial charge in [0.15, 0.2) is 0 Å². The van der Waals surface area contributed by atoms with Crippen LogP contribution in [0.3, 0.4) is 0 Å². The molecule has 0 aliphatic carbocycles. The molecular weight excluding hydrogens is 134 g/mol. The van der Waals surface area contributed by atoms with Crippen molar-refractivity contribution in [1.82, 2.24) is 0 Å². The van der Waals surface area contributed by atoms with Crippen LogP contribution in [0.5, 0.6) is 0 Å². The van der Waals surface area contributed by atoms with Gasteiger partial charge in [0.1, 0.15) is 0 Å². The van der Waals surface area contributed by atoms with E-state index in [0.29, 0.717) is 12.0 Å². The average Bonchev–Trinajstić information content (AvgIpc) is 1.87. The van der Waals surface area contributed by atoms with Gasteiger partial charge in [-0.2, -0.15) is 0 Å². The molecule has 0 aromatic heterocycles. The standard InChI is InChI=1S/C10H21N/c1-4-7-10(2,3)8-5-6-9-11/h5-6H,4,7-9,11H2,1-3H3/b6-5+. The van der Waals surface area contributed by atoms with E-state index in [9.17, 15) is 0 Å². The summed E-state index contributed by atoms with van der Waals surface area (Å²) in [5, 5.41) is 0. The van der Waals surface area contributed by atoms with Crippen molar-refractivity contribution in [2.24, 2.45) is 11.1 Å². The van der Waals surface area contributed by atoms with Crippen LogP contribution in [0.1, 0.15) is 40.0 Å². The van der Waals surface area contributed by atoms with Crippen molar-refractivity contribution in [2.75, 3.05) is 6.54 Å². The summed E-state index contributed by atoms with van der Waals surface area (Å²) in [5.74, 6) is 0. The Morgan fingerprint density at radius 3 is 2.36 bits per heavy atom. The minimum atomic E-state index is 0.459. The van der Waals surface area contributed by atoms with Crippen LogP contribution in [-0.2, 0) is 0 Å². The van der Waals surface area contributed by atoms with Gasteiger partial charge in [-0.05, 0) is 18.3 Å². The molecule has 0 atom stereocenters. The smallest absolute Gasteiger partial charge is 0.0106 e. The minimum absolute atomic E-state index is 0.459. The predicted molar refractivity (Wildman–Crippen MR) is 51.5 cm³/mol. The third kappa shape index (κ3) is 6.11. The van der Waals surface area contributed by atoms with E-state index in [2.05, 4.69) is 26.8 Å². The van der Waals surface area contributed by atoms with Crippen molar-refractivity contribution < 1.29 is 0 Å². The normalized spacial score (nSPS) is 12.7. The molecule has 0 bridgehead atoms. The predicted octanol–water partition coefficient (Wildman–Crippen LogP) is 2.72. The molecule has 0 aromatic rings. The van der Waals surface area contributed by atoms with Crippen LogP contribution in [0, 0.1) is 5.41 Å². The van der Waals surface area contributed by atoms with Gasteiger partial charge in [-0.1, -0.05) is 39.3 Å². The van der Waals surface area contributed by atoms with Gasteiger partial charge >= 0.3 is 0 Å². The fourth-order valence-electron chi connectivity index (χ4n) is 1.28. The second kappa shape index (κ2) is 5.36. The molecule has 0 saturated carbocycles. The zero-order valence-electron chi connectivity index (χ0n) is 8.06. The zero-order valence-corrected chi connectivity index (χ0v) is 8.06. The molecule has 1 nitrogen and oxygen atoms in total. The van der Waals surface area contributed by atoms with Crippen molar-refractivity contribution in [1.29, 1.82) is 0 Å². The number of rotatable bonds is 5. The molecule has 0 rings (SSSR count). The Morgan fingerprint density at radius 2 is 1.91 bits per heavy atom. The van der Waals surface area contributed by atoms with Gasteiger partial charge in [0.25, 0.3) is 0 Å². The molecule has 0 amide bonds. The Balaban J connectivity index is 3.62. The van der Waals surface area contributed by atoms with E-state index in [1.165, 1.54) is 12.8 Å². The Bertz CT molecular complexity index is 114. The van der Waals surface area contributed by atoms with Crippen molar-refractivity contribution in [2.45, 2.75) is 40.0 Å². The van der Waals surface area contributed by atoms with Crippen LogP contribution in [-0.4, -0.2) is 6.54 Å². The first kappa shape index (κ1) is 10.7. The topological polar surface area (TPSA) is 26.0 Å². The van der Waals surface area contributed by atoms with Crippen molar-refractivity contribution in [3.63, 3.8) is 0 Å². The van der Waals surface area contributed by atoms with Crippen LogP contribution < -0.4 is 5.73 Å². The van der Waals surface area contributed by atoms with E-state index in [0.717, 1.165) is 6.42 Å². The molecule has 0 aromatic carbocycles. The molecule has 2 N–H and O–H groups in total. The van der Waals surface area contributed by atoms with Gasteiger partial charge in [-0.25, -0.2) is 0 Å². The molecule has 66 valence electrons.